The van der Waals surface area contributed by atoms with E-state index in [0.29, 0.717) is 11.8 Å². The molecule has 2 saturated carbocycles. The lowest BCUT2D eigenvalue weighted by Crippen LogP contribution is -2.45. The summed E-state index contributed by atoms with van der Waals surface area (Å²) < 4.78 is 0. The maximum atomic E-state index is 10.4. The Labute approximate surface area is 74.9 Å². The van der Waals surface area contributed by atoms with Crippen LogP contribution in [0.5, 0.6) is 0 Å². The summed E-state index contributed by atoms with van der Waals surface area (Å²) >= 11 is 0. The van der Waals surface area contributed by atoms with Crippen molar-refractivity contribution in [1.29, 1.82) is 0 Å². The molecule has 5 nitrogen and oxygen atoms in total. The van der Waals surface area contributed by atoms with Gasteiger partial charge in [-0.2, -0.15) is 0 Å². The lowest BCUT2D eigenvalue weighted by molar-refractivity contribution is -0.353. The van der Waals surface area contributed by atoms with Crippen molar-refractivity contribution >= 4 is 5.84 Å². The predicted molar refractivity (Wildman–Crippen MR) is 43.8 cm³/mol. The average Bonchev–Trinajstić information content (AvgIpc) is 2.60. The van der Waals surface area contributed by atoms with E-state index in [1.165, 1.54) is 12.8 Å². The first-order chi connectivity index (χ1) is 6.13. The third kappa shape index (κ3) is 0.897. The summed E-state index contributed by atoms with van der Waals surface area (Å²) in [5, 5.41) is 13.9. The van der Waals surface area contributed by atoms with Crippen molar-refractivity contribution < 1.29 is 9.76 Å². The van der Waals surface area contributed by atoms with Gasteiger partial charge in [-0.25, -0.2) is 0 Å². The highest BCUT2D eigenvalue weighted by Gasteiger charge is 2.67. The quantitative estimate of drug-likeness (QED) is 0.419. The zero-order valence-corrected chi connectivity index (χ0v) is 7.15. The van der Waals surface area contributed by atoms with Crippen LogP contribution in [0.25, 0.3) is 0 Å². The molecule has 0 aromatic rings. The number of nitro groups is 1. The number of nitrogens with zero attached hydrogens (tertiary/aromatic N) is 2. The van der Waals surface area contributed by atoms with Gasteiger partial charge < -0.3 is 10.1 Å². The topological polar surface area (TPSA) is 64.7 Å². The van der Waals surface area contributed by atoms with Gasteiger partial charge in [-0.05, 0) is 36.0 Å². The fourth-order valence-corrected chi connectivity index (χ4v) is 2.64. The third-order valence-corrected chi connectivity index (χ3v) is 3.39. The first-order valence-corrected chi connectivity index (χ1v) is 4.53. The van der Waals surface area contributed by atoms with Crippen molar-refractivity contribution in [2.24, 2.45) is 10.6 Å². The minimum atomic E-state index is -0.438. The molecular formula is C8H10N2O3. The Balaban J connectivity index is 1.69. The van der Waals surface area contributed by atoms with E-state index in [2.05, 4.69) is 5.16 Å². The predicted octanol–water partition coefficient (Wildman–Crippen LogP) is 1.31. The van der Waals surface area contributed by atoms with Gasteiger partial charge in [0.05, 0.1) is 0 Å². The van der Waals surface area contributed by atoms with Crippen molar-refractivity contribution in [3.63, 3.8) is 0 Å². The van der Waals surface area contributed by atoms with Gasteiger partial charge in [0.25, 0.3) is 0 Å². The van der Waals surface area contributed by atoms with Gasteiger partial charge in [-0.15, -0.1) is 0 Å². The molecule has 0 aromatic carbocycles. The Morgan fingerprint density at radius 2 is 2.15 bits per heavy atom. The van der Waals surface area contributed by atoms with E-state index >= 15 is 0 Å². The molecule has 0 saturated heterocycles. The molecule has 3 aliphatic rings. The Morgan fingerprint density at radius 3 is 2.62 bits per heavy atom. The van der Waals surface area contributed by atoms with Gasteiger partial charge in [0.15, 0.2) is 10.8 Å². The summed E-state index contributed by atoms with van der Waals surface area (Å²) in [7, 11) is 0. The summed E-state index contributed by atoms with van der Waals surface area (Å²) in [5.74, 6) is -0.00417. The van der Waals surface area contributed by atoms with Crippen LogP contribution in [0.3, 0.4) is 0 Å². The highest BCUT2D eigenvalue weighted by atomic mass is 16.7. The number of hydrogen-bond acceptors (Lipinski definition) is 4. The smallest absolute Gasteiger partial charge is 0.358 e. The molecule has 1 heterocycles. The monoisotopic (exact) mass is 182 g/mol. The van der Waals surface area contributed by atoms with Crippen LogP contribution in [-0.2, 0) is 4.84 Å². The molecule has 5 heteroatoms. The Bertz CT molecular complexity index is 311. The van der Waals surface area contributed by atoms with Gasteiger partial charge in [-0.1, -0.05) is 0 Å². The van der Waals surface area contributed by atoms with E-state index in [9.17, 15) is 10.1 Å². The highest BCUT2D eigenvalue weighted by molar-refractivity contribution is 5.76. The highest BCUT2D eigenvalue weighted by Crippen LogP contribution is 2.67. The van der Waals surface area contributed by atoms with E-state index in [4.69, 9.17) is 4.84 Å². The molecule has 0 unspecified atom stereocenters. The summed E-state index contributed by atoms with van der Waals surface area (Å²) in [6, 6.07) is 0. The lowest BCUT2D eigenvalue weighted by Gasteiger charge is -2.40. The zero-order valence-electron chi connectivity index (χ0n) is 7.15. The van der Waals surface area contributed by atoms with Crippen LogP contribution in [0.15, 0.2) is 5.16 Å². The van der Waals surface area contributed by atoms with E-state index in [1.54, 1.807) is 0 Å². The normalized spacial score (nSPS) is 30.9. The second-order valence-corrected chi connectivity index (χ2v) is 4.57. The van der Waals surface area contributed by atoms with Gasteiger partial charge in [0.1, 0.15) is 6.42 Å². The molecule has 1 aliphatic heterocycles. The van der Waals surface area contributed by atoms with E-state index in [-0.39, 0.29) is 11.4 Å². The van der Waals surface area contributed by atoms with Gasteiger partial charge >= 0.3 is 5.84 Å². The molecule has 2 fully saturated rings. The van der Waals surface area contributed by atoms with Gasteiger partial charge in [-0.3, -0.25) is 4.84 Å². The molecule has 0 amide bonds. The lowest BCUT2D eigenvalue weighted by atomic mass is 9.66. The van der Waals surface area contributed by atoms with Crippen LogP contribution in [0.4, 0.5) is 0 Å². The van der Waals surface area contributed by atoms with Gasteiger partial charge in [0, 0.05) is 0 Å². The molecular weight excluding hydrogens is 172 g/mol. The fourth-order valence-electron chi connectivity index (χ4n) is 2.64. The van der Waals surface area contributed by atoms with Crippen molar-refractivity contribution in [2.45, 2.75) is 37.7 Å². The number of oxime groups is 1. The molecule has 70 valence electrons. The maximum absolute atomic E-state index is 10.4. The van der Waals surface area contributed by atoms with Crippen LogP contribution < -0.4 is 0 Å². The standard InChI is InChI=1S/C8H10N2O3/c11-10(12)6-3-8(13-9-6)4-7(5-8)1-2-7/h1-5H2. The van der Waals surface area contributed by atoms with Crippen molar-refractivity contribution in [2.75, 3.05) is 0 Å². The Kier molecular flexibility index (Phi) is 1.04. The molecule has 0 N–H and O–H groups in total. The molecule has 13 heavy (non-hydrogen) atoms. The van der Waals surface area contributed by atoms with Crippen LogP contribution >= 0.6 is 0 Å². The number of rotatable bonds is 0. The van der Waals surface area contributed by atoms with Crippen LogP contribution in [0, 0.1) is 15.5 Å². The summed E-state index contributed by atoms with van der Waals surface area (Å²) in [6.45, 7) is 0. The molecule has 0 atom stereocenters. The minimum absolute atomic E-state index is 0.00417. The largest absolute Gasteiger partial charge is 0.389 e. The van der Waals surface area contributed by atoms with Crippen molar-refractivity contribution in [3.05, 3.63) is 10.1 Å². The summed E-state index contributed by atoms with van der Waals surface area (Å²) in [5.41, 5.74) is 0.223. The van der Waals surface area contributed by atoms with Gasteiger partial charge in [0.2, 0.25) is 0 Å². The number of hydrogen-bond donors (Lipinski definition) is 0. The zero-order chi connectivity index (χ0) is 9.10. The third-order valence-electron chi connectivity index (χ3n) is 3.39. The van der Waals surface area contributed by atoms with Crippen LogP contribution in [0.2, 0.25) is 0 Å². The molecule has 0 aromatic heterocycles. The molecule has 0 radical (unpaired) electrons. The molecule has 2 aliphatic carbocycles. The maximum Gasteiger partial charge on any atom is 0.389 e. The van der Waals surface area contributed by atoms with E-state index in [1.807, 2.05) is 0 Å². The Morgan fingerprint density at radius 1 is 1.46 bits per heavy atom. The number of amidine groups is 1. The molecule has 0 bridgehead atoms. The SMILES string of the molecule is O=[N+]([O-])C1=NOC2(C1)CC1(CC1)C2. The molecule has 2 spiro atoms. The van der Waals surface area contributed by atoms with Crippen molar-refractivity contribution in [1.82, 2.24) is 0 Å². The fraction of sp³-hybridized carbons (Fsp3) is 0.875. The van der Waals surface area contributed by atoms with Crippen molar-refractivity contribution in [3.8, 4) is 0 Å². The Hall–Kier alpha value is -1.13. The summed E-state index contributed by atoms with van der Waals surface area (Å²) in [4.78, 5) is 15.1. The summed E-state index contributed by atoms with van der Waals surface area (Å²) in [6.07, 6.45) is 4.89. The van der Waals surface area contributed by atoms with Crippen LogP contribution in [-0.4, -0.2) is 16.4 Å². The first kappa shape index (κ1) is 7.29. The minimum Gasteiger partial charge on any atom is -0.358 e. The van der Waals surface area contributed by atoms with E-state index in [0.717, 1.165) is 12.8 Å². The molecule has 3 rings (SSSR count). The second kappa shape index (κ2) is 1.86. The average molecular weight is 182 g/mol. The first-order valence-electron chi connectivity index (χ1n) is 4.53. The van der Waals surface area contributed by atoms with Crippen LogP contribution in [0.1, 0.15) is 32.1 Å². The second-order valence-electron chi connectivity index (χ2n) is 4.57. The van der Waals surface area contributed by atoms with E-state index < -0.39 is 4.92 Å².